The third kappa shape index (κ3) is 7.79. The van der Waals surface area contributed by atoms with Crippen molar-refractivity contribution >= 4 is 11.8 Å². The van der Waals surface area contributed by atoms with Crippen LogP contribution >= 0.6 is 0 Å². The molecule has 6 nitrogen and oxygen atoms in total. The molecule has 0 bridgehead atoms. The molecule has 0 aliphatic heterocycles. The molecule has 0 aromatic heterocycles. The van der Waals surface area contributed by atoms with Gasteiger partial charge < -0.3 is 21.3 Å². The van der Waals surface area contributed by atoms with Gasteiger partial charge in [0.2, 0.25) is 11.8 Å². The summed E-state index contributed by atoms with van der Waals surface area (Å²) in [5.74, 6) is 0.0985. The molecule has 1 aromatic rings. The van der Waals surface area contributed by atoms with E-state index in [1.54, 1.807) is 0 Å². The molecule has 5 N–H and O–H groups in total. The van der Waals surface area contributed by atoms with E-state index in [0.717, 1.165) is 44.1 Å². The van der Waals surface area contributed by atoms with Gasteiger partial charge in [0.1, 0.15) is 6.10 Å². The highest BCUT2D eigenvalue weighted by Gasteiger charge is 2.49. The maximum Gasteiger partial charge on any atom is 0.227 e. The van der Waals surface area contributed by atoms with E-state index in [0.29, 0.717) is 31.1 Å². The van der Waals surface area contributed by atoms with E-state index in [9.17, 15) is 19.8 Å². The minimum Gasteiger partial charge on any atom is -0.390 e. The number of amides is 2. The molecule has 6 heteroatoms. The summed E-state index contributed by atoms with van der Waals surface area (Å²) in [6.45, 7) is 6.04. The van der Waals surface area contributed by atoms with Gasteiger partial charge in [-0.25, -0.2) is 0 Å². The molecule has 0 saturated heterocycles. The molecule has 5 atom stereocenters. The molecule has 2 saturated carbocycles. The second kappa shape index (κ2) is 13.0. The summed E-state index contributed by atoms with van der Waals surface area (Å²) in [4.78, 5) is 26.6. The summed E-state index contributed by atoms with van der Waals surface area (Å²) >= 11 is 0. The second-order valence-corrected chi connectivity index (χ2v) is 12.1. The summed E-state index contributed by atoms with van der Waals surface area (Å²) in [5, 5.41) is 25.3. The molecule has 0 radical (unpaired) electrons. The molecule has 36 heavy (non-hydrogen) atoms. The highest BCUT2D eigenvalue weighted by molar-refractivity contribution is 5.89. The number of aliphatic hydroxyl groups is 2. The van der Waals surface area contributed by atoms with Crippen LogP contribution in [0, 0.1) is 23.2 Å². The van der Waals surface area contributed by atoms with Crippen molar-refractivity contribution in [1.29, 1.82) is 0 Å². The van der Waals surface area contributed by atoms with Gasteiger partial charge in [-0.3, -0.25) is 9.59 Å². The van der Waals surface area contributed by atoms with Crippen LogP contribution in [-0.4, -0.2) is 40.3 Å². The number of carbonyl (C=O) groups is 2. The lowest BCUT2D eigenvalue weighted by Crippen LogP contribution is -2.55. The maximum atomic E-state index is 14.3. The number of aliphatic hydroxyl groups excluding tert-OH is 2. The predicted molar refractivity (Wildman–Crippen MR) is 143 cm³/mol. The maximum absolute atomic E-state index is 14.3. The van der Waals surface area contributed by atoms with Gasteiger partial charge in [0.25, 0.3) is 0 Å². The zero-order valence-corrected chi connectivity index (χ0v) is 22.5. The SMILES string of the molecule is CC(C)C[C@H](O)[C@H](O)[C@H](CC1CCCCC1)NC(=O)[C@@](CC(N)=O)(CC1CC1)[C@@H](C)c1ccccc1. The minimum atomic E-state index is -1.06. The van der Waals surface area contributed by atoms with E-state index < -0.39 is 29.6 Å². The van der Waals surface area contributed by atoms with Crippen LogP contribution in [0.2, 0.25) is 0 Å². The summed E-state index contributed by atoms with van der Waals surface area (Å²) in [5.41, 5.74) is 5.76. The van der Waals surface area contributed by atoms with Gasteiger partial charge in [0.15, 0.2) is 0 Å². The largest absolute Gasteiger partial charge is 0.390 e. The summed E-state index contributed by atoms with van der Waals surface area (Å²) < 4.78 is 0. The van der Waals surface area contributed by atoms with Gasteiger partial charge in [-0.05, 0) is 48.5 Å². The molecule has 2 aliphatic rings. The average molecular weight is 501 g/mol. The standard InChI is InChI=1S/C30H48N2O4/c1-20(2)16-26(33)28(35)25(17-22-10-6-4-7-11-22)32-29(36)30(19-27(31)34,18-23-14-15-23)21(3)24-12-8-5-9-13-24/h5,8-9,12-13,20-23,25-26,28,33,35H,4,6-7,10-11,14-19H2,1-3H3,(H2,31,34)(H,32,36)/t21-,25-,26-,28+,30+/m0/s1. The van der Waals surface area contributed by atoms with Crippen molar-refractivity contribution in [2.45, 2.75) is 116 Å². The zero-order chi connectivity index (χ0) is 26.3. The number of rotatable bonds is 14. The highest BCUT2D eigenvalue weighted by Crippen LogP contribution is 2.50. The minimum absolute atomic E-state index is 0.0355. The van der Waals surface area contributed by atoms with Crippen LogP contribution in [0.1, 0.15) is 103 Å². The Balaban J connectivity index is 1.92. The van der Waals surface area contributed by atoms with Crippen LogP contribution in [0.3, 0.4) is 0 Å². The van der Waals surface area contributed by atoms with Crippen molar-refractivity contribution in [3.63, 3.8) is 0 Å². The fourth-order valence-electron chi connectivity index (χ4n) is 6.25. The molecule has 0 heterocycles. The van der Waals surface area contributed by atoms with Gasteiger partial charge >= 0.3 is 0 Å². The van der Waals surface area contributed by atoms with Crippen LogP contribution in [0.5, 0.6) is 0 Å². The third-order valence-electron chi connectivity index (χ3n) is 8.57. The van der Waals surface area contributed by atoms with Gasteiger partial charge in [-0.15, -0.1) is 0 Å². The summed E-state index contributed by atoms with van der Waals surface area (Å²) in [6.07, 6.45) is 7.49. The third-order valence-corrected chi connectivity index (χ3v) is 8.57. The van der Waals surface area contributed by atoms with Gasteiger partial charge in [0.05, 0.1) is 17.6 Å². The van der Waals surface area contributed by atoms with Crippen molar-refractivity contribution in [3.05, 3.63) is 35.9 Å². The Kier molecular flexibility index (Phi) is 10.4. The first-order chi connectivity index (χ1) is 17.1. The normalized spacial score (nSPS) is 21.8. The fourth-order valence-corrected chi connectivity index (χ4v) is 6.25. The topological polar surface area (TPSA) is 113 Å². The van der Waals surface area contributed by atoms with Crippen molar-refractivity contribution in [2.24, 2.45) is 28.9 Å². The highest BCUT2D eigenvalue weighted by atomic mass is 16.3. The molecule has 0 spiro atoms. The Hall–Kier alpha value is -1.92. The van der Waals surface area contributed by atoms with Crippen LogP contribution < -0.4 is 11.1 Å². The van der Waals surface area contributed by atoms with E-state index in [1.807, 2.05) is 51.1 Å². The van der Waals surface area contributed by atoms with Gasteiger partial charge in [0, 0.05) is 6.42 Å². The van der Waals surface area contributed by atoms with Crippen LogP contribution in [0.25, 0.3) is 0 Å². The number of hydrogen-bond acceptors (Lipinski definition) is 4. The van der Waals surface area contributed by atoms with E-state index in [1.165, 1.54) is 6.42 Å². The molecule has 2 fully saturated rings. The number of nitrogens with two attached hydrogens (primary N) is 1. The monoisotopic (exact) mass is 500 g/mol. The number of hydrogen-bond donors (Lipinski definition) is 4. The Morgan fingerprint density at radius 3 is 2.19 bits per heavy atom. The van der Waals surface area contributed by atoms with Gasteiger partial charge in [-0.2, -0.15) is 0 Å². The Labute approximate surface area is 217 Å². The molecule has 202 valence electrons. The first kappa shape index (κ1) is 28.6. The summed E-state index contributed by atoms with van der Waals surface area (Å²) in [6, 6.07) is 9.29. The first-order valence-electron chi connectivity index (χ1n) is 14.1. The Morgan fingerprint density at radius 1 is 1.00 bits per heavy atom. The molecule has 1 aromatic carbocycles. The molecular weight excluding hydrogens is 452 g/mol. The first-order valence-corrected chi connectivity index (χ1v) is 14.1. The number of benzene rings is 1. The van der Waals surface area contributed by atoms with E-state index in [2.05, 4.69) is 5.32 Å². The van der Waals surface area contributed by atoms with Gasteiger partial charge in [-0.1, -0.05) is 96.0 Å². The van der Waals surface area contributed by atoms with Crippen molar-refractivity contribution < 1.29 is 19.8 Å². The molecule has 2 aliphatic carbocycles. The number of nitrogens with one attached hydrogen (secondary N) is 1. The Bertz CT molecular complexity index is 835. The van der Waals surface area contributed by atoms with Crippen molar-refractivity contribution in [3.8, 4) is 0 Å². The zero-order valence-electron chi connectivity index (χ0n) is 22.5. The smallest absolute Gasteiger partial charge is 0.227 e. The average Bonchev–Trinajstić information content (AvgIpc) is 3.66. The summed E-state index contributed by atoms with van der Waals surface area (Å²) in [7, 11) is 0. The fraction of sp³-hybridized carbons (Fsp3) is 0.733. The number of primary amides is 1. The molecular formula is C30H48N2O4. The van der Waals surface area contributed by atoms with E-state index >= 15 is 0 Å². The number of carbonyl (C=O) groups excluding carboxylic acids is 2. The second-order valence-electron chi connectivity index (χ2n) is 12.1. The lowest BCUT2D eigenvalue weighted by Gasteiger charge is -2.40. The van der Waals surface area contributed by atoms with E-state index in [4.69, 9.17) is 5.73 Å². The lowest BCUT2D eigenvalue weighted by molar-refractivity contribution is -0.140. The quantitative estimate of drug-likeness (QED) is 0.297. The van der Waals surface area contributed by atoms with Crippen LogP contribution in [0.15, 0.2) is 30.3 Å². The van der Waals surface area contributed by atoms with Crippen LogP contribution in [0.4, 0.5) is 0 Å². The Morgan fingerprint density at radius 2 is 1.64 bits per heavy atom. The van der Waals surface area contributed by atoms with E-state index in [-0.39, 0.29) is 24.2 Å². The molecule has 0 unspecified atom stereocenters. The van der Waals surface area contributed by atoms with Crippen molar-refractivity contribution in [1.82, 2.24) is 5.32 Å². The van der Waals surface area contributed by atoms with Crippen LogP contribution in [-0.2, 0) is 9.59 Å². The molecule has 3 rings (SSSR count). The lowest BCUT2D eigenvalue weighted by atomic mass is 9.66. The van der Waals surface area contributed by atoms with Crippen molar-refractivity contribution in [2.75, 3.05) is 0 Å². The molecule has 2 amide bonds. The predicted octanol–water partition coefficient (Wildman–Crippen LogP) is 4.68.